The van der Waals surface area contributed by atoms with Crippen LogP contribution in [-0.4, -0.2) is 21.3 Å². The van der Waals surface area contributed by atoms with E-state index in [0.717, 1.165) is 30.7 Å². The highest BCUT2D eigenvalue weighted by Gasteiger charge is 2.12. The molecule has 0 radical (unpaired) electrons. The van der Waals surface area contributed by atoms with Crippen LogP contribution in [0.4, 0.5) is 0 Å². The molecular weight excluding hydrogens is 280 g/mol. The summed E-state index contributed by atoms with van der Waals surface area (Å²) in [4.78, 5) is 6.15. The standard InChI is InChI=1S/C17H20N2OS/c1-12-9-15-16(10-13(12)2)19(6-4-7-20)17(18-15)11-14-5-3-8-21-14/h3,5,8-10,20H,4,6-7,11H2,1-2H3. The van der Waals surface area contributed by atoms with Crippen LogP contribution < -0.4 is 0 Å². The molecule has 0 aliphatic heterocycles. The molecular formula is C17H20N2OS. The van der Waals surface area contributed by atoms with E-state index in [4.69, 9.17) is 10.1 Å². The average Bonchev–Trinajstić information content (AvgIpc) is 3.06. The maximum Gasteiger partial charge on any atom is 0.115 e. The lowest BCUT2D eigenvalue weighted by molar-refractivity contribution is 0.280. The van der Waals surface area contributed by atoms with Crippen LogP contribution in [0.1, 0.15) is 28.2 Å². The molecule has 0 saturated heterocycles. The zero-order chi connectivity index (χ0) is 14.8. The number of rotatable bonds is 5. The molecule has 0 saturated carbocycles. The molecule has 3 aromatic rings. The lowest BCUT2D eigenvalue weighted by atomic mass is 10.1. The van der Waals surface area contributed by atoms with Crippen molar-refractivity contribution in [3.05, 3.63) is 51.5 Å². The van der Waals surface area contributed by atoms with Crippen molar-refractivity contribution < 1.29 is 5.11 Å². The van der Waals surface area contributed by atoms with E-state index in [1.54, 1.807) is 11.3 Å². The number of aryl methyl sites for hydroxylation is 3. The molecule has 0 atom stereocenters. The first-order chi connectivity index (χ1) is 10.2. The van der Waals surface area contributed by atoms with Gasteiger partial charge in [0.25, 0.3) is 0 Å². The molecule has 0 bridgehead atoms. The van der Waals surface area contributed by atoms with Gasteiger partial charge in [0.1, 0.15) is 5.82 Å². The number of hydrogen-bond donors (Lipinski definition) is 1. The van der Waals surface area contributed by atoms with Crippen molar-refractivity contribution >= 4 is 22.4 Å². The molecule has 0 amide bonds. The van der Waals surface area contributed by atoms with E-state index in [2.05, 4.69) is 48.1 Å². The SMILES string of the molecule is Cc1cc2nc(Cc3cccs3)n(CCCO)c2cc1C. The van der Waals surface area contributed by atoms with Crippen LogP contribution in [0, 0.1) is 13.8 Å². The monoisotopic (exact) mass is 300 g/mol. The normalized spacial score (nSPS) is 11.4. The van der Waals surface area contributed by atoms with Crippen molar-refractivity contribution in [1.29, 1.82) is 0 Å². The second-order valence-electron chi connectivity index (χ2n) is 5.44. The van der Waals surface area contributed by atoms with Crippen molar-refractivity contribution in [2.45, 2.75) is 33.2 Å². The van der Waals surface area contributed by atoms with Gasteiger partial charge in [-0.25, -0.2) is 4.98 Å². The van der Waals surface area contributed by atoms with Gasteiger partial charge in [-0.15, -0.1) is 11.3 Å². The second-order valence-corrected chi connectivity index (χ2v) is 6.47. The van der Waals surface area contributed by atoms with E-state index in [0.29, 0.717) is 0 Å². The van der Waals surface area contributed by atoms with E-state index in [9.17, 15) is 0 Å². The molecule has 3 rings (SSSR count). The fourth-order valence-electron chi connectivity index (χ4n) is 2.61. The lowest BCUT2D eigenvalue weighted by Crippen LogP contribution is -2.05. The first-order valence-corrected chi connectivity index (χ1v) is 8.16. The van der Waals surface area contributed by atoms with Gasteiger partial charge in [0, 0.05) is 24.4 Å². The molecule has 110 valence electrons. The van der Waals surface area contributed by atoms with Gasteiger partial charge in [0.05, 0.1) is 11.0 Å². The first-order valence-electron chi connectivity index (χ1n) is 7.28. The summed E-state index contributed by atoms with van der Waals surface area (Å²) >= 11 is 1.76. The third kappa shape index (κ3) is 2.87. The van der Waals surface area contributed by atoms with Gasteiger partial charge in [0.2, 0.25) is 0 Å². The second kappa shape index (κ2) is 6.00. The summed E-state index contributed by atoms with van der Waals surface area (Å²) in [5.74, 6) is 1.09. The average molecular weight is 300 g/mol. The lowest BCUT2D eigenvalue weighted by Gasteiger charge is -2.08. The van der Waals surface area contributed by atoms with Crippen molar-refractivity contribution in [3.63, 3.8) is 0 Å². The van der Waals surface area contributed by atoms with Gasteiger partial charge in [-0.3, -0.25) is 0 Å². The minimum atomic E-state index is 0.211. The molecule has 2 heterocycles. The Kier molecular flexibility index (Phi) is 4.08. The van der Waals surface area contributed by atoms with Crippen LogP contribution in [-0.2, 0) is 13.0 Å². The summed E-state index contributed by atoms with van der Waals surface area (Å²) in [6.07, 6.45) is 1.62. The maximum absolute atomic E-state index is 9.15. The quantitative estimate of drug-likeness (QED) is 0.780. The van der Waals surface area contributed by atoms with Crippen molar-refractivity contribution in [3.8, 4) is 0 Å². The molecule has 4 heteroatoms. The highest BCUT2D eigenvalue weighted by Crippen LogP contribution is 2.23. The van der Waals surface area contributed by atoms with E-state index in [-0.39, 0.29) is 6.61 Å². The Morgan fingerprint density at radius 1 is 1.24 bits per heavy atom. The van der Waals surface area contributed by atoms with Gasteiger partial charge in [-0.1, -0.05) is 6.07 Å². The van der Waals surface area contributed by atoms with Gasteiger partial charge < -0.3 is 9.67 Å². The molecule has 1 aromatic carbocycles. The van der Waals surface area contributed by atoms with Crippen molar-refractivity contribution in [2.24, 2.45) is 0 Å². The van der Waals surface area contributed by atoms with E-state index in [1.807, 2.05) is 0 Å². The smallest absolute Gasteiger partial charge is 0.115 e. The molecule has 0 fully saturated rings. The predicted molar refractivity (Wildman–Crippen MR) is 88.0 cm³/mol. The summed E-state index contributed by atoms with van der Waals surface area (Å²) in [5.41, 5.74) is 4.80. The molecule has 2 aromatic heterocycles. The third-order valence-corrected chi connectivity index (χ3v) is 4.77. The topological polar surface area (TPSA) is 38.0 Å². The van der Waals surface area contributed by atoms with Gasteiger partial charge >= 0.3 is 0 Å². The van der Waals surface area contributed by atoms with E-state index >= 15 is 0 Å². The highest BCUT2D eigenvalue weighted by molar-refractivity contribution is 7.09. The number of fused-ring (bicyclic) bond motifs is 1. The van der Waals surface area contributed by atoms with Crippen LogP contribution in [0.5, 0.6) is 0 Å². The first kappa shape index (κ1) is 14.3. The van der Waals surface area contributed by atoms with Gasteiger partial charge in [-0.05, 0) is 55.0 Å². The summed E-state index contributed by atoms with van der Waals surface area (Å²) in [6.45, 7) is 5.29. The molecule has 3 nitrogen and oxygen atoms in total. The molecule has 0 spiro atoms. The Labute approximate surface area is 128 Å². The Bertz CT molecular complexity index is 744. The highest BCUT2D eigenvalue weighted by atomic mass is 32.1. The molecule has 0 aliphatic rings. The number of benzene rings is 1. The molecule has 0 unspecified atom stereocenters. The summed E-state index contributed by atoms with van der Waals surface area (Å²) in [7, 11) is 0. The summed E-state index contributed by atoms with van der Waals surface area (Å²) < 4.78 is 2.26. The Morgan fingerprint density at radius 3 is 2.76 bits per heavy atom. The van der Waals surface area contributed by atoms with Crippen molar-refractivity contribution in [1.82, 2.24) is 9.55 Å². The van der Waals surface area contributed by atoms with E-state index in [1.165, 1.54) is 21.5 Å². The number of imidazole rings is 1. The zero-order valence-electron chi connectivity index (χ0n) is 12.5. The predicted octanol–water partition coefficient (Wildman–Crippen LogP) is 3.69. The maximum atomic E-state index is 9.15. The van der Waals surface area contributed by atoms with Crippen LogP contribution in [0.3, 0.4) is 0 Å². The Balaban J connectivity index is 2.08. The van der Waals surface area contributed by atoms with E-state index < -0.39 is 0 Å². The van der Waals surface area contributed by atoms with Crippen LogP contribution in [0.2, 0.25) is 0 Å². The molecule has 1 N–H and O–H groups in total. The number of aliphatic hydroxyl groups is 1. The minimum Gasteiger partial charge on any atom is -0.396 e. The Hall–Kier alpha value is -1.65. The zero-order valence-corrected chi connectivity index (χ0v) is 13.3. The number of aliphatic hydroxyl groups excluding tert-OH is 1. The molecule has 0 aliphatic carbocycles. The van der Waals surface area contributed by atoms with Crippen molar-refractivity contribution in [2.75, 3.05) is 6.61 Å². The van der Waals surface area contributed by atoms with Crippen LogP contribution in [0.15, 0.2) is 29.6 Å². The number of thiophene rings is 1. The van der Waals surface area contributed by atoms with Gasteiger partial charge in [0.15, 0.2) is 0 Å². The number of nitrogens with zero attached hydrogens (tertiary/aromatic N) is 2. The Morgan fingerprint density at radius 2 is 2.05 bits per heavy atom. The molecule has 21 heavy (non-hydrogen) atoms. The number of hydrogen-bond acceptors (Lipinski definition) is 3. The third-order valence-electron chi connectivity index (χ3n) is 3.90. The fourth-order valence-corrected chi connectivity index (χ4v) is 3.31. The van der Waals surface area contributed by atoms with Gasteiger partial charge in [-0.2, -0.15) is 0 Å². The van der Waals surface area contributed by atoms with Crippen LogP contribution in [0.25, 0.3) is 11.0 Å². The summed E-state index contributed by atoms with van der Waals surface area (Å²) in [6, 6.07) is 8.61. The fraction of sp³-hybridized carbons (Fsp3) is 0.353. The minimum absolute atomic E-state index is 0.211. The number of aromatic nitrogens is 2. The van der Waals surface area contributed by atoms with Crippen LogP contribution >= 0.6 is 11.3 Å². The summed E-state index contributed by atoms with van der Waals surface area (Å²) in [5, 5.41) is 11.3. The largest absolute Gasteiger partial charge is 0.396 e.